The Balaban J connectivity index is 1.51. The van der Waals surface area contributed by atoms with Crippen molar-refractivity contribution in [3.63, 3.8) is 0 Å². The first-order valence-electron chi connectivity index (χ1n) is 8.02. The van der Waals surface area contributed by atoms with Crippen molar-refractivity contribution >= 4 is 17.5 Å². The lowest BCUT2D eigenvalue weighted by molar-refractivity contribution is 0.0946. The van der Waals surface area contributed by atoms with Gasteiger partial charge >= 0.3 is 0 Å². The van der Waals surface area contributed by atoms with Gasteiger partial charge in [-0.2, -0.15) is 10.2 Å². The molecule has 2 aromatic rings. The molecule has 2 N–H and O–H groups in total. The van der Waals surface area contributed by atoms with Crippen molar-refractivity contribution in [1.29, 1.82) is 0 Å². The number of hydrogen-bond acceptors (Lipinski definition) is 3. The predicted octanol–water partition coefficient (Wildman–Crippen LogP) is 3.13. The molecule has 0 bridgehead atoms. The Labute approximate surface area is 140 Å². The number of aromatic amines is 1. The van der Waals surface area contributed by atoms with Gasteiger partial charge in [0.15, 0.2) is 0 Å². The van der Waals surface area contributed by atoms with Gasteiger partial charge < -0.3 is 5.32 Å². The number of rotatable bonds is 6. The quantitative estimate of drug-likeness (QED) is 0.851. The molecule has 0 aliphatic heterocycles. The van der Waals surface area contributed by atoms with E-state index in [9.17, 15) is 4.79 Å². The van der Waals surface area contributed by atoms with E-state index < -0.39 is 0 Å². The molecule has 1 aliphatic carbocycles. The first-order valence-corrected chi connectivity index (χ1v) is 8.40. The zero-order valence-corrected chi connectivity index (χ0v) is 14.4. The van der Waals surface area contributed by atoms with Gasteiger partial charge in [-0.3, -0.25) is 14.6 Å². The first-order chi connectivity index (χ1) is 11.0. The number of carbonyl (C=O) groups excluding carboxylic acids is 1. The van der Waals surface area contributed by atoms with Crippen LogP contribution in [0.15, 0.2) is 6.07 Å². The third-order valence-electron chi connectivity index (χ3n) is 4.35. The van der Waals surface area contributed by atoms with Gasteiger partial charge in [-0.15, -0.1) is 0 Å². The second kappa shape index (κ2) is 6.35. The number of carbonyl (C=O) groups is 1. The minimum atomic E-state index is -0.133. The Bertz CT molecular complexity index is 716. The molecule has 124 valence electrons. The average Bonchev–Trinajstić information content (AvgIpc) is 3.21. The van der Waals surface area contributed by atoms with Crippen molar-refractivity contribution in [3.8, 4) is 0 Å². The number of aromatic nitrogens is 4. The maximum Gasteiger partial charge on any atom is 0.271 e. The molecule has 23 heavy (non-hydrogen) atoms. The van der Waals surface area contributed by atoms with E-state index in [4.69, 9.17) is 11.6 Å². The summed E-state index contributed by atoms with van der Waals surface area (Å²) < 4.78 is 1.92. The maximum absolute atomic E-state index is 12.1. The number of aryl methyl sites for hydroxylation is 1. The van der Waals surface area contributed by atoms with Crippen LogP contribution in [0.1, 0.15) is 65.7 Å². The van der Waals surface area contributed by atoms with Crippen LogP contribution in [0.2, 0.25) is 5.02 Å². The van der Waals surface area contributed by atoms with Gasteiger partial charge in [-0.05, 0) is 46.1 Å². The molecular weight excluding hydrogens is 314 g/mol. The van der Waals surface area contributed by atoms with Crippen molar-refractivity contribution in [1.82, 2.24) is 25.3 Å². The van der Waals surface area contributed by atoms with E-state index in [0.29, 0.717) is 23.2 Å². The standard InChI is InChI=1S/C16H22ClN5O/c1-9(22-11(3)15(17)10(2)21-22)6-7-18-16(23)14-8-13(19-20-14)12-4-5-12/h8-9,12H,4-7H2,1-3H3,(H,18,23)(H,19,20)/t9-/m0/s1. The Morgan fingerprint density at radius 1 is 1.52 bits per heavy atom. The number of halogens is 1. The summed E-state index contributed by atoms with van der Waals surface area (Å²) in [6.07, 6.45) is 3.15. The van der Waals surface area contributed by atoms with Crippen molar-refractivity contribution in [2.75, 3.05) is 6.54 Å². The van der Waals surface area contributed by atoms with Gasteiger partial charge in [0.05, 0.1) is 22.5 Å². The molecular formula is C16H22ClN5O. The maximum atomic E-state index is 12.1. The summed E-state index contributed by atoms with van der Waals surface area (Å²) in [4.78, 5) is 12.1. The lowest BCUT2D eigenvalue weighted by atomic mass is 10.2. The lowest BCUT2D eigenvalue weighted by Crippen LogP contribution is -2.26. The van der Waals surface area contributed by atoms with Gasteiger partial charge in [-0.25, -0.2) is 0 Å². The molecule has 0 radical (unpaired) electrons. The molecule has 0 aromatic carbocycles. The summed E-state index contributed by atoms with van der Waals surface area (Å²) in [6.45, 7) is 6.50. The molecule has 1 aliphatic rings. The Kier molecular flexibility index (Phi) is 4.43. The van der Waals surface area contributed by atoms with Crippen molar-refractivity contribution in [2.45, 2.75) is 52.0 Å². The zero-order valence-electron chi connectivity index (χ0n) is 13.7. The van der Waals surface area contributed by atoms with Crippen LogP contribution in [0.25, 0.3) is 0 Å². The summed E-state index contributed by atoms with van der Waals surface area (Å²) >= 11 is 6.18. The molecule has 0 unspecified atom stereocenters. The van der Waals surface area contributed by atoms with Gasteiger partial charge in [0.25, 0.3) is 5.91 Å². The Morgan fingerprint density at radius 2 is 2.26 bits per heavy atom. The van der Waals surface area contributed by atoms with E-state index in [1.54, 1.807) is 0 Å². The third kappa shape index (κ3) is 3.42. The van der Waals surface area contributed by atoms with Crippen molar-refractivity contribution in [2.24, 2.45) is 0 Å². The molecule has 2 aromatic heterocycles. The topological polar surface area (TPSA) is 75.6 Å². The normalized spacial score (nSPS) is 15.7. The molecule has 0 spiro atoms. The molecule has 7 heteroatoms. The first kappa shape index (κ1) is 16.1. The Morgan fingerprint density at radius 3 is 2.87 bits per heavy atom. The van der Waals surface area contributed by atoms with E-state index in [0.717, 1.165) is 23.5 Å². The molecule has 1 amide bonds. The minimum Gasteiger partial charge on any atom is -0.351 e. The van der Waals surface area contributed by atoms with E-state index in [1.807, 2.05) is 24.6 Å². The largest absolute Gasteiger partial charge is 0.351 e. The van der Waals surface area contributed by atoms with Crippen LogP contribution in [-0.4, -0.2) is 32.4 Å². The van der Waals surface area contributed by atoms with Crippen molar-refractivity contribution < 1.29 is 4.79 Å². The minimum absolute atomic E-state index is 0.133. The zero-order chi connectivity index (χ0) is 16.6. The summed E-state index contributed by atoms with van der Waals surface area (Å²) in [5.74, 6) is 0.437. The van der Waals surface area contributed by atoms with Crippen LogP contribution in [0.5, 0.6) is 0 Å². The molecule has 1 saturated carbocycles. The van der Waals surface area contributed by atoms with E-state index in [2.05, 4.69) is 27.5 Å². The monoisotopic (exact) mass is 335 g/mol. The molecule has 1 fully saturated rings. The highest BCUT2D eigenvalue weighted by Crippen LogP contribution is 2.38. The molecule has 3 rings (SSSR count). The fourth-order valence-corrected chi connectivity index (χ4v) is 2.86. The highest BCUT2D eigenvalue weighted by atomic mass is 35.5. The molecule has 1 atom stereocenters. The highest BCUT2D eigenvalue weighted by molar-refractivity contribution is 6.31. The second-order valence-electron chi connectivity index (χ2n) is 6.31. The molecule has 2 heterocycles. The number of amides is 1. The summed E-state index contributed by atoms with van der Waals surface area (Å²) in [6, 6.07) is 2.03. The van der Waals surface area contributed by atoms with Gasteiger partial charge in [0.1, 0.15) is 5.69 Å². The van der Waals surface area contributed by atoms with E-state index >= 15 is 0 Å². The van der Waals surface area contributed by atoms with Gasteiger partial charge in [-0.1, -0.05) is 11.6 Å². The predicted molar refractivity (Wildman–Crippen MR) is 88.9 cm³/mol. The van der Waals surface area contributed by atoms with E-state index in [-0.39, 0.29) is 11.9 Å². The van der Waals surface area contributed by atoms with Gasteiger partial charge in [0.2, 0.25) is 0 Å². The highest BCUT2D eigenvalue weighted by Gasteiger charge is 2.26. The van der Waals surface area contributed by atoms with Crippen LogP contribution in [0.3, 0.4) is 0 Å². The smallest absolute Gasteiger partial charge is 0.271 e. The number of H-pyrrole nitrogens is 1. The fraction of sp³-hybridized carbons (Fsp3) is 0.562. The fourth-order valence-electron chi connectivity index (χ4n) is 2.74. The van der Waals surface area contributed by atoms with Crippen LogP contribution >= 0.6 is 11.6 Å². The third-order valence-corrected chi connectivity index (χ3v) is 4.90. The Hall–Kier alpha value is -1.82. The van der Waals surface area contributed by atoms with Crippen LogP contribution in [-0.2, 0) is 0 Å². The number of hydrogen-bond donors (Lipinski definition) is 2. The molecule has 0 saturated heterocycles. The summed E-state index contributed by atoms with van der Waals surface area (Å²) in [7, 11) is 0. The summed E-state index contributed by atoms with van der Waals surface area (Å²) in [5, 5.41) is 15.1. The lowest BCUT2D eigenvalue weighted by Gasteiger charge is -2.14. The average molecular weight is 336 g/mol. The number of nitrogens with zero attached hydrogens (tertiary/aromatic N) is 3. The van der Waals surface area contributed by atoms with Crippen LogP contribution in [0, 0.1) is 13.8 Å². The SMILES string of the molecule is Cc1nn([C@@H](C)CCNC(=O)c2cc(C3CC3)[nH]n2)c(C)c1Cl. The molecule has 6 nitrogen and oxygen atoms in total. The number of nitrogens with one attached hydrogen (secondary N) is 2. The van der Waals surface area contributed by atoms with Crippen LogP contribution < -0.4 is 5.32 Å². The van der Waals surface area contributed by atoms with Gasteiger partial charge in [0, 0.05) is 18.2 Å². The second-order valence-corrected chi connectivity index (χ2v) is 6.68. The summed E-state index contributed by atoms with van der Waals surface area (Å²) in [5.41, 5.74) is 3.34. The van der Waals surface area contributed by atoms with E-state index in [1.165, 1.54) is 12.8 Å². The van der Waals surface area contributed by atoms with Crippen molar-refractivity contribution in [3.05, 3.63) is 33.9 Å². The van der Waals surface area contributed by atoms with Crippen LogP contribution in [0.4, 0.5) is 0 Å².